The largest absolute Gasteiger partial charge is 0.345 e. The summed E-state index contributed by atoms with van der Waals surface area (Å²) in [6, 6.07) is -0.336. The Bertz CT molecular complexity index is 688. The highest BCUT2D eigenvalue weighted by atomic mass is 32.1. The molecule has 0 aliphatic carbocycles. The molecule has 1 aliphatic rings. The molecule has 0 radical (unpaired) electrons. The lowest BCUT2D eigenvalue weighted by Crippen LogP contribution is -2.51. The van der Waals surface area contributed by atoms with Gasteiger partial charge in [0.2, 0.25) is 5.91 Å². The van der Waals surface area contributed by atoms with Crippen molar-refractivity contribution in [1.82, 2.24) is 25.0 Å². The molecular weight excluding hydrogens is 324 g/mol. The van der Waals surface area contributed by atoms with E-state index >= 15 is 0 Å². The van der Waals surface area contributed by atoms with Crippen LogP contribution < -0.4 is 10.2 Å². The predicted molar refractivity (Wildman–Crippen MR) is 95.3 cm³/mol. The van der Waals surface area contributed by atoms with Crippen molar-refractivity contribution in [3.8, 4) is 0 Å². The first-order valence-corrected chi connectivity index (χ1v) is 9.08. The smallest absolute Gasteiger partial charge is 0.244 e. The van der Waals surface area contributed by atoms with Gasteiger partial charge in [0.25, 0.3) is 0 Å². The Morgan fingerprint density at radius 2 is 2.08 bits per heavy atom. The number of carbonyl (C=O) groups excluding carboxylic acids is 1. The van der Waals surface area contributed by atoms with Gasteiger partial charge >= 0.3 is 0 Å². The van der Waals surface area contributed by atoms with Crippen molar-refractivity contribution in [3.63, 3.8) is 0 Å². The van der Waals surface area contributed by atoms with Crippen LogP contribution in [-0.4, -0.2) is 58.8 Å². The third kappa shape index (κ3) is 3.44. The van der Waals surface area contributed by atoms with E-state index in [1.807, 2.05) is 31.4 Å². The van der Waals surface area contributed by atoms with E-state index in [2.05, 4.69) is 27.2 Å². The van der Waals surface area contributed by atoms with Crippen molar-refractivity contribution >= 4 is 22.4 Å². The summed E-state index contributed by atoms with van der Waals surface area (Å²) in [7, 11) is 3.67. The number of thiazole rings is 1. The van der Waals surface area contributed by atoms with Crippen LogP contribution in [0.25, 0.3) is 0 Å². The Labute approximate surface area is 146 Å². The maximum Gasteiger partial charge on any atom is 0.244 e. The molecule has 0 spiro atoms. The van der Waals surface area contributed by atoms with E-state index in [9.17, 15) is 4.79 Å². The molecule has 3 rings (SSSR count). The standard InChI is InChI=1S/C16H24N6OS/c1-4-13-10-18-16(24-13)22-7-5-21(6-8-22)15(23)14(17-2)12-9-19-20(3)11-12/h9-11,14,17H,4-8H2,1-3H3. The van der Waals surface area contributed by atoms with Gasteiger partial charge in [-0.1, -0.05) is 6.92 Å². The van der Waals surface area contributed by atoms with E-state index in [0.29, 0.717) is 0 Å². The van der Waals surface area contributed by atoms with E-state index in [4.69, 9.17) is 0 Å². The SMILES string of the molecule is CCc1cnc(N2CCN(C(=O)C(NC)c3cnn(C)c3)CC2)s1. The van der Waals surface area contributed by atoms with Gasteiger partial charge in [-0.15, -0.1) is 11.3 Å². The number of aromatic nitrogens is 3. The fourth-order valence-corrected chi connectivity index (χ4v) is 3.83. The van der Waals surface area contributed by atoms with Gasteiger partial charge in [0.15, 0.2) is 5.13 Å². The summed E-state index contributed by atoms with van der Waals surface area (Å²) in [6.07, 6.45) is 6.61. The van der Waals surface area contributed by atoms with Gasteiger partial charge in [-0.2, -0.15) is 5.10 Å². The summed E-state index contributed by atoms with van der Waals surface area (Å²) in [5, 5.41) is 8.35. The number of amides is 1. The molecule has 0 aromatic carbocycles. The maximum absolute atomic E-state index is 12.8. The topological polar surface area (TPSA) is 66.3 Å². The number of nitrogens with one attached hydrogen (secondary N) is 1. The Balaban J connectivity index is 1.62. The summed E-state index contributed by atoms with van der Waals surface area (Å²) >= 11 is 1.75. The van der Waals surface area contributed by atoms with Crippen molar-refractivity contribution in [2.45, 2.75) is 19.4 Å². The van der Waals surface area contributed by atoms with Crippen molar-refractivity contribution < 1.29 is 4.79 Å². The van der Waals surface area contributed by atoms with E-state index in [1.165, 1.54) is 4.88 Å². The second-order valence-corrected chi connectivity index (χ2v) is 7.04. The molecule has 7 nitrogen and oxygen atoms in total. The van der Waals surface area contributed by atoms with Gasteiger partial charge < -0.3 is 15.1 Å². The number of anilines is 1. The Morgan fingerprint density at radius 1 is 1.33 bits per heavy atom. The minimum absolute atomic E-state index is 0.110. The molecule has 8 heteroatoms. The molecule has 1 fully saturated rings. The Kier molecular flexibility index (Phi) is 5.15. The summed E-state index contributed by atoms with van der Waals surface area (Å²) in [4.78, 5) is 22.8. The fraction of sp³-hybridized carbons (Fsp3) is 0.562. The lowest BCUT2D eigenvalue weighted by molar-refractivity contribution is -0.133. The third-order valence-corrected chi connectivity index (χ3v) is 5.55. The van der Waals surface area contributed by atoms with E-state index in [1.54, 1.807) is 22.2 Å². The molecule has 1 aliphatic heterocycles. The Morgan fingerprint density at radius 3 is 2.62 bits per heavy atom. The first-order valence-electron chi connectivity index (χ1n) is 8.26. The lowest BCUT2D eigenvalue weighted by atomic mass is 10.1. The zero-order valence-electron chi connectivity index (χ0n) is 14.4. The van der Waals surface area contributed by atoms with Gasteiger partial charge in [-0.3, -0.25) is 9.48 Å². The van der Waals surface area contributed by atoms with E-state index in [-0.39, 0.29) is 11.9 Å². The highest BCUT2D eigenvalue weighted by Gasteiger charge is 2.29. The van der Waals surface area contributed by atoms with Crippen molar-refractivity contribution in [1.29, 1.82) is 0 Å². The minimum atomic E-state index is -0.336. The monoisotopic (exact) mass is 348 g/mol. The zero-order valence-corrected chi connectivity index (χ0v) is 15.2. The molecule has 2 aromatic heterocycles. The molecule has 1 saturated heterocycles. The summed E-state index contributed by atoms with van der Waals surface area (Å²) in [5.74, 6) is 0.110. The quantitative estimate of drug-likeness (QED) is 0.875. The third-order valence-electron chi connectivity index (χ3n) is 4.35. The van der Waals surface area contributed by atoms with Crippen molar-refractivity contribution in [2.75, 3.05) is 38.1 Å². The number of rotatable bonds is 5. The molecular formula is C16H24N6OS. The van der Waals surface area contributed by atoms with E-state index < -0.39 is 0 Å². The molecule has 2 aromatic rings. The Hall–Kier alpha value is -1.93. The molecule has 24 heavy (non-hydrogen) atoms. The number of hydrogen-bond donors (Lipinski definition) is 1. The second kappa shape index (κ2) is 7.31. The predicted octanol–water partition coefficient (Wildman–Crippen LogP) is 1.05. The van der Waals surface area contributed by atoms with Gasteiger partial charge in [-0.05, 0) is 13.5 Å². The van der Waals surface area contributed by atoms with Crippen LogP contribution in [-0.2, 0) is 18.3 Å². The van der Waals surface area contributed by atoms with Crippen LogP contribution in [0.4, 0.5) is 5.13 Å². The van der Waals surface area contributed by atoms with E-state index in [0.717, 1.165) is 43.3 Å². The molecule has 1 unspecified atom stereocenters. The summed E-state index contributed by atoms with van der Waals surface area (Å²) < 4.78 is 1.72. The first-order chi connectivity index (χ1) is 11.6. The summed E-state index contributed by atoms with van der Waals surface area (Å²) in [6.45, 7) is 5.23. The average Bonchev–Trinajstić information content (AvgIpc) is 3.25. The number of aryl methyl sites for hydroxylation is 2. The highest BCUT2D eigenvalue weighted by Crippen LogP contribution is 2.24. The molecule has 130 valence electrons. The molecule has 1 amide bonds. The molecule has 0 saturated carbocycles. The molecule has 3 heterocycles. The van der Waals surface area contributed by atoms with Crippen LogP contribution >= 0.6 is 11.3 Å². The average molecular weight is 348 g/mol. The van der Waals surface area contributed by atoms with Gasteiger partial charge in [-0.25, -0.2) is 4.98 Å². The zero-order chi connectivity index (χ0) is 17.1. The number of piperazine rings is 1. The lowest BCUT2D eigenvalue weighted by Gasteiger charge is -2.36. The highest BCUT2D eigenvalue weighted by molar-refractivity contribution is 7.15. The van der Waals surface area contributed by atoms with Crippen molar-refractivity contribution in [3.05, 3.63) is 29.0 Å². The van der Waals surface area contributed by atoms with Crippen LogP contribution in [0.3, 0.4) is 0 Å². The second-order valence-electron chi connectivity index (χ2n) is 5.94. The minimum Gasteiger partial charge on any atom is -0.345 e. The number of likely N-dealkylation sites (N-methyl/N-ethyl adjacent to an activating group) is 1. The summed E-state index contributed by atoms with van der Waals surface area (Å²) in [5.41, 5.74) is 0.903. The normalized spacial score (nSPS) is 16.5. The van der Waals surface area contributed by atoms with Crippen molar-refractivity contribution in [2.24, 2.45) is 7.05 Å². The number of carbonyl (C=O) groups is 1. The van der Waals surface area contributed by atoms with Crippen LogP contribution in [0.2, 0.25) is 0 Å². The van der Waals surface area contributed by atoms with Gasteiger partial charge in [0, 0.05) is 56.1 Å². The van der Waals surface area contributed by atoms with Crippen LogP contribution in [0.15, 0.2) is 18.6 Å². The number of nitrogens with zero attached hydrogens (tertiary/aromatic N) is 5. The molecule has 0 bridgehead atoms. The van der Waals surface area contributed by atoms with Crippen LogP contribution in [0, 0.1) is 0 Å². The fourth-order valence-electron chi connectivity index (χ4n) is 2.93. The van der Waals surface area contributed by atoms with Crippen LogP contribution in [0.5, 0.6) is 0 Å². The maximum atomic E-state index is 12.8. The van der Waals surface area contributed by atoms with Gasteiger partial charge in [0.1, 0.15) is 6.04 Å². The number of hydrogen-bond acceptors (Lipinski definition) is 6. The van der Waals surface area contributed by atoms with Crippen LogP contribution in [0.1, 0.15) is 23.4 Å². The molecule has 1 atom stereocenters. The van der Waals surface area contributed by atoms with Gasteiger partial charge in [0.05, 0.1) is 6.20 Å². The molecule has 1 N–H and O–H groups in total. The first kappa shape index (κ1) is 16.9.